The molecule has 0 aliphatic carbocycles. The number of aromatic nitrogens is 3. The Morgan fingerprint density at radius 1 is 0.978 bits per heavy atom. The molecule has 2 heterocycles. The fraction of sp³-hybridized carbons (Fsp3) is 0.294. The van der Waals surface area contributed by atoms with Crippen molar-refractivity contribution in [1.82, 2.24) is 20.3 Å². The first kappa shape index (κ1) is 33.9. The maximum Gasteiger partial charge on any atom is 0.490 e. The van der Waals surface area contributed by atoms with E-state index in [9.17, 15) is 27.2 Å². The van der Waals surface area contributed by atoms with Crippen molar-refractivity contribution in [2.24, 2.45) is 0 Å². The maximum absolute atomic E-state index is 13.8. The van der Waals surface area contributed by atoms with Gasteiger partial charge in [0.25, 0.3) is 0 Å². The predicted molar refractivity (Wildman–Crippen MR) is 166 cm³/mol. The molecule has 242 valence electrons. The molecule has 0 spiro atoms. The summed E-state index contributed by atoms with van der Waals surface area (Å²) in [6.45, 7) is 1.89. The van der Waals surface area contributed by atoms with Crippen LogP contribution in [0.5, 0.6) is 0 Å². The SMILES string of the molecule is CCC(=O)CCCCC[C@H](NC(=O)Cc1c[nH]c2ccc(F)cc12)c1ncc(-c2ccc3ccccc3c2)[nH]1.O=C(O)C(F)(F)F. The number of hydrogen-bond donors (Lipinski definition) is 4. The van der Waals surface area contributed by atoms with Crippen molar-refractivity contribution in [3.8, 4) is 11.3 Å². The summed E-state index contributed by atoms with van der Waals surface area (Å²) >= 11 is 0. The number of carbonyl (C=O) groups is 3. The largest absolute Gasteiger partial charge is 0.490 e. The summed E-state index contributed by atoms with van der Waals surface area (Å²) in [5, 5.41) is 13.3. The lowest BCUT2D eigenvalue weighted by molar-refractivity contribution is -0.192. The van der Waals surface area contributed by atoms with Gasteiger partial charge in [-0.1, -0.05) is 56.2 Å². The molecule has 0 aliphatic rings. The number of H-pyrrole nitrogens is 2. The third kappa shape index (κ3) is 9.26. The number of nitrogens with one attached hydrogen (secondary N) is 3. The van der Waals surface area contributed by atoms with E-state index < -0.39 is 12.1 Å². The summed E-state index contributed by atoms with van der Waals surface area (Å²) in [6, 6.07) is 18.7. The summed E-state index contributed by atoms with van der Waals surface area (Å²) in [4.78, 5) is 44.9. The lowest BCUT2D eigenvalue weighted by atomic mass is 10.0. The van der Waals surface area contributed by atoms with Crippen LogP contribution in [-0.4, -0.2) is 43.9 Å². The topological polar surface area (TPSA) is 128 Å². The van der Waals surface area contributed by atoms with Crippen LogP contribution in [0, 0.1) is 5.82 Å². The summed E-state index contributed by atoms with van der Waals surface area (Å²) in [7, 11) is 0. The van der Waals surface area contributed by atoms with Crippen molar-refractivity contribution in [3.05, 3.63) is 90.3 Å². The highest BCUT2D eigenvalue weighted by molar-refractivity contribution is 5.89. The lowest BCUT2D eigenvalue weighted by Crippen LogP contribution is -2.30. The molecule has 0 fully saturated rings. The number of amides is 1. The minimum Gasteiger partial charge on any atom is -0.475 e. The second-order valence-corrected chi connectivity index (χ2v) is 10.8. The number of carboxylic acid groups (broad SMARTS) is 1. The maximum atomic E-state index is 13.8. The van der Waals surface area contributed by atoms with Crippen molar-refractivity contribution in [3.63, 3.8) is 0 Å². The van der Waals surface area contributed by atoms with Crippen LogP contribution in [0.15, 0.2) is 73.1 Å². The van der Waals surface area contributed by atoms with Crippen LogP contribution in [0.1, 0.15) is 62.9 Å². The number of hydrogen-bond acceptors (Lipinski definition) is 4. The van der Waals surface area contributed by atoms with Crippen LogP contribution in [0.2, 0.25) is 0 Å². The number of aliphatic carboxylic acids is 1. The number of aromatic amines is 2. The van der Waals surface area contributed by atoms with Crippen molar-refractivity contribution < 1.29 is 37.1 Å². The Bertz CT molecular complexity index is 1810. The van der Waals surface area contributed by atoms with E-state index in [1.54, 1.807) is 18.5 Å². The molecule has 0 bridgehead atoms. The van der Waals surface area contributed by atoms with Gasteiger partial charge in [-0.3, -0.25) is 9.59 Å². The van der Waals surface area contributed by atoms with Gasteiger partial charge in [-0.05, 0) is 53.4 Å². The highest BCUT2D eigenvalue weighted by atomic mass is 19.4. The van der Waals surface area contributed by atoms with Crippen LogP contribution in [0.4, 0.5) is 17.6 Å². The molecule has 0 saturated carbocycles. The molecule has 0 radical (unpaired) electrons. The first-order valence-electron chi connectivity index (χ1n) is 14.9. The normalized spacial score (nSPS) is 12.0. The van der Waals surface area contributed by atoms with Crippen LogP contribution in [0.3, 0.4) is 0 Å². The first-order chi connectivity index (χ1) is 21.9. The van der Waals surface area contributed by atoms with E-state index >= 15 is 0 Å². The van der Waals surface area contributed by atoms with Crippen LogP contribution in [0.25, 0.3) is 32.9 Å². The summed E-state index contributed by atoms with van der Waals surface area (Å²) in [5.74, 6) is -2.27. The van der Waals surface area contributed by atoms with Gasteiger partial charge in [0.1, 0.15) is 17.4 Å². The van der Waals surface area contributed by atoms with E-state index in [1.807, 2.05) is 19.1 Å². The molecule has 2 aromatic heterocycles. The monoisotopic (exact) mass is 638 g/mol. The molecule has 4 N–H and O–H groups in total. The molecule has 46 heavy (non-hydrogen) atoms. The van der Waals surface area contributed by atoms with Crippen molar-refractivity contribution in [2.75, 3.05) is 0 Å². The molecule has 0 unspecified atom stereocenters. The van der Waals surface area contributed by atoms with Gasteiger partial charge in [-0.25, -0.2) is 14.2 Å². The number of fused-ring (bicyclic) bond motifs is 2. The number of unbranched alkanes of at least 4 members (excludes halogenated alkanes) is 2. The highest BCUT2D eigenvalue weighted by Crippen LogP contribution is 2.26. The average Bonchev–Trinajstić information content (AvgIpc) is 3.67. The molecule has 0 aliphatic heterocycles. The molecule has 8 nitrogen and oxygen atoms in total. The van der Waals surface area contributed by atoms with Crippen LogP contribution in [-0.2, 0) is 20.8 Å². The van der Waals surface area contributed by atoms with Crippen molar-refractivity contribution in [1.29, 1.82) is 0 Å². The van der Waals surface area contributed by atoms with Crippen molar-refractivity contribution in [2.45, 2.75) is 64.1 Å². The van der Waals surface area contributed by atoms with Gasteiger partial charge in [0.05, 0.1) is 24.4 Å². The van der Waals surface area contributed by atoms with Gasteiger partial charge in [0, 0.05) is 35.5 Å². The Morgan fingerprint density at radius 2 is 1.72 bits per heavy atom. The van der Waals surface area contributed by atoms with Gasteiger partial charge >= 0.3 is 12.1 Å². The smallest absolute Gasteiger partial charge is 0.475 e. The van der Waals surface area contributed by atoms with E-state index in [2.05, 4.69) is 50.6 Å². The molecule has 3 aromatic carbocycles. The molecule has 0 saturated heterocycles. The van der Waals surface area contributed by atoms with E-state index in [-0.39, 0.29) is 30.0 Å². The fourth-order valence-corrected chi connectivity index (χ4v) is 5.03. The molecule has 1 atom stereocenters. The van der Waals surface area contributed by atoms with Gasteiger partial charge < -0.3 is 20.4 Å². The van der Waals surface area contributed by atoms with Gasteiger partial charge in [-0.2, -0.15) is 13.2 Å². The van der Waals surface area contributed by atoms with Gasteiger partial charge in [0.15, 0.2) is 0 Å². The van der Waals surface area contributed by atoms with E-state index in [0.29, 0.717) is 30.5 Å². The van der Waals surface area contributed by atoms with Crippen LogP contribution < -0.4 is 5.32 Å². The van der Waals surface area contributed by atoms with Crippen LogP contribution >= 0.6 is 0 Å². The molecular formula is C34H34F4N4O4. The minimum absolute atomic E-state index is 0.128. The molecule has 5 aromatic rings. The number of benzene rings is 3. The second-order valence-electron chi connectivity index (χ2n) is 10.8. The standard InChI is InChI=1S/C32H33FN4O2.C2HF3O2/c1-2-26(38)10-4-3-5-11-29(36-31(39)17-24-19-34-28-15-14-25(33)18-27(24)28)32-35-20-30(37-32)23-13-12-21-8-6-7-9-22(21)16-23;3-2(4,5)1(6)7/h6-9,12-16,18-20,29,34H,2-5,10-11,17H2,1H3,(H,35,37)(H,36,39);(H,6,7)/t29-;/m0./s1. The summed E-state index contributed by atoms with van der Waals surface area (Å²) < 4.78 is 45.6. The number of rotatable bonds is 12. The second kappa shape index (κ2) is 15.3. The Morgan fingerprint density at radius 3 is 2.43 bits per heavy atom. The number of halogens is 4. The quantitative estimate of drug-likeness (QED) is 0.0819. The fourth-order valence-electron chi connectivity index (χ4n) is 5.03. The molecule has 1 amide bonds. The number of carbonyl (C=O) groups excluding carboxylic acids is 2. The number of nitrogens with zero attached hydrogens (tertiary/aromatic N) is 1. The van der Waals surface area contributed by atoms with Gasteiger partial charge in [-0.15, -0.1) is 0 Å². The van der Waals surface area contributed by atoms with E-state index in [1.165, 1.54) is 17.5 Å². The zero-order valence-corrected chi connectivity index (χ0v) is 25.1. The Hall–Kier alpha value is -5.00. The zero-order valence-electron chi connectivity index (χ0n) is 25.1. The zero-order chi connectivity index (χ0) is 33.3. The summed E-state index contributed by atoms with van der Waals surface area (Å²) in [6.07, 6.45) is 3.06. The Balaban J connectivity index is 0.000000617. The molecule has 12 heteroatoms. The third-order valence-electron chi connectivity index (χ3n) is 7.49. The molecular weight excluding hydrogens is 604 g/mol. The Kier molecular flexibility index (Phi) is 11.3. The van der Waals surface area contributed by atoms with E-state index in [4.69, 9.17) is 9.90 Å². The van der Waals surface area contributed by atoms with Gasteiger partial charge in [0.2, 0.25) is 5.91 Å². The van der Waals surface area contributed by atoms with E-state index in [0.717, 1.165) is 47.0 Å². The average molecular weight is 639 g/mol. The predicted octanol–water partition coefficient (Wildman–Crippen LogP) is 7.81. The number of imidazole rings is 1. The first-order valence-corrected chi connectivity index (χ1v) is 14.9. The number of Topliss-reactive ketones (excluding diaryl/α,β-unsaturated/α-hetero) is 1. The summed E-state index contributed by atoms with van der Waals surface area (Å²) in [5.41, 5.74) is 3.45. The highest BCUT2D eigenvalue weighted by Gasteiger charge is 2.38. The number of carboxylic acids is 1. The lowest BCUT2D eigenvalue weighted by Gasteiger charge is -2.17. The number of ketones is 1. The molecule has 5 rings (SSSR count). The Labute approximate surface area is 262 Å². The van der Waals surface area contributed by atoms with Crippen molar-refractivity contribution >= 4 is 39.3 Å². The number of alkyl halides is 3. The third-order valence-corrected chi connectivity index (χ3v) is 7.49. The minimum atomic E-state index is -5.08.